The number of hydrogen-bond acceptors (Lipinski definition) is 6. The molecule has 28 heavy (non-hydrogen) atoms. The number of hydrogen-bond donors (Lipinski definition) is 1. The van der Waals surface area contributed by atoms with Crippen LogP contribution in [0.5, 0.6) is 5.75 Å². The summed E-state index contributed by atoms with van der Waals surface area (Å²) < 4.78 is 15.3. The predicted octanol–water partition coefficient (Wildman–Crippen LogP) is 2.47. The van der Waals surface area contributed by atoms with Crippen molar-refractivity contribution in [3.05, 3.63) is 47.4 Å². The largest absolute Gasteiger partial charge is 0.495 e. The fourth-order valence-corrected chi connectivity index (χ4v) is 3.13. The molecule has 0 saturated carbocycles. The number of anilines is 1. The molecule has 8 nitrogen and oxygen atoms in total. The number of methoxy groups -OCH3 is 1. The van der Waals surface area contributed by atoms with Crippen molar-refractivity contribution >= 4 is 35.1 Å². The van der Waals surface area contributed by atoms with Crippen molar-refractivity contribution in [1.29, 1.82) is 0 Å². The lowest BCUT2D eigenvalue weighted by atomic mass is 10.1. The van der Waals surface area contributed by atoms with E-state index < -0.39 is 24.4 Å². The first kappa shape index (κ1) is 19.8. The Hall–Kier alpha value is -3.00. The average Bonchev–Trinajstić information content (AvgIpc) is 3.30. The quantitative estimate of drug-likeness (QED) is 0.709. The number of carbonyl (C=O) groups excluding carboxylic acids is 3. The van der Waals surface area contributed by atoms with Gasteiger partial charge in [0, 0.05) is 18.7 Å². The van der Waals surface area contributed by atoms with Gasteiger partial charge in [-0.05, 0) is 30.3 Å². The number of amides is 2. The zero-order chi connectivity index (χ0) is 20.1. The van der Waals surface area contributed by atoms with Crippen LogP contribution in [-0.2, 0) is 25.7 Å². The second-order valence-corrected chi connectivity index (χ2v) is 6.67. The van der Waals surface area contributed by atoms with E-state index in [1.54, 1.807) is 24.3 Å². The summed E-state index contributed by atoms with van der Waals surface area (Å²) in [5.74, 6) is -0.734. The Morgan fingerprint density at radius 3 is 2.86 bits per heavy atom. The van der Waals surface area contributed by atoms with Crippen molar-refractivity contribution < 1.29 is 28.3 Å². The summed E-state index contributed by atoms with van der Waals surface area (Å²) in [5.41, 5.74) is 0.451. The molecule has 1 fully saturated rings. The van der Waals surface area contributed by atoms with Crippen LogP contribution in [-0.4, -0.2) is 42.9 Å². The Kier molecular flexibility index (Phi) is 6.20. The first-order valence-electron chi connectivity index (χ1n) is 8.56. The number of furan rings is 1. The zero-order valence-electron chi connectivity index (χ0n) is 15.1. The predicted molar refractivity (Wildman–Crippen MR) is 99.8 cm³/mol. The molecule has 1 aromatic carbocycles. The van der Waals surface area contributed by atoms with E-state index in [1.807, 2.05) is 0 Å². The summed E-state index contributed by atoms with van der Waals surface area (Å²) in [6.45, 7) is 0.0771. The van der Waals surface area contributed by atoms with Crippen LogP contribution >= 0.6 is 11.6 Å². The number of ether oxygens (including phenoxy) is 2. The molecular weight excluding hydrogens is 388 g/mol. The zero-order valence-corrected chi connectivity index (χ0v) is 15.9. The number of nitrogens with one attached hydrogen (secondary N) is 1. The minimum atomic E-state index is -0.606. The highest BCUT2D eigenvalue weighted by atomic mass is 35.5. The van der Waals surface area contributed by atoms with E-state index in [0.29, 0.717) is 28.8 Å². The fourth-order valence-electron chi connectivity index (χ4n) is 2.87. The van der Waals surface area contributed by atoms with Crippen LogP contribution in [0.4, 0.5) is 5.69 Å². The maximum Gasteiger partial charge on any atom is 0.311 e. The normalized spacial score (nSPS) is 16.1. The molecule has 2 heterocycles. The van der Waals surface area contributed by atoms with Gasteiger partial charge in [0.15, 0.2) is 6.61 Å². The second-order valence-electron chi connectivity index (χ2n) is 6.26. The Morgan fingerprint density at radius 2 is 2.18 bits per heavy atom. The molecule has 1 N–H and O–H groups in total. The highest BCUT2D eigenvalue weighted by Gasteiger charge is 2.35. The molecule has 3 rings (SSSR count). The van der Waals surface area contributed by atoms with Crippen molar-refractivity contribution in [3.63, 3.8) is 0 Å². The smallest absolute Gasteiger partial charge is 0.311 e. The standard InChI is InChI=1S/C19H19ClN2O6/c1-26-16-5-4-13(8-15(16)20)21-17(23)11-28-19(25)12-7-18(24)22(9-12)10-14-3-2-6-27-14/h2-6,8,12H,7,9-11H2,1H3,(H,21,23)/t12-/m1/s1. The number of halogens is 1. The van der Waals surface area contributed by atoms with Gasteiger partial charge >= 0.3 is 5.97 Å². The van der Waals surface area contributed by atoms with Gasteiger partial charge in [-0.3, -0.25) is 14.4 Å². The van der Waals surface area contributed by atoms with E-state index in [4.69, 9.17) is 25.5 Å². The summed E-state index contributed by atoms with van der Waals surface area (Å²) >= 11 is 6.00. The third-order valence-electron chi connectivity index (χ3n) is 4.26. The molecule has 0 spiro atoms. The summed E-state index contributed by atoms with van der Waals surface area (Å²) in [6.07, 6.45) is 1.57. The second kappa shape index (κ2) is 8.79. The van der Waals surface area contributed by atoms with Gasteiger partial charge in [-0.25, -0.2) is 0 Å². The van der Waals surface area contributed by atoms with Gasteiger partial charge in [0.2, 0.25) is 5.91 Å². The van der Waals surface area contributed by atoms with Gasteiger partial charge in [0.25, 0.3) is 5.91 Å². The van der Waals surface area contributed by atoms with Crippen LogP contribution in [0.15, 0.2) is 41.0 Å². The van der Waals surface area contributed by atoms with Crippen molar-refractivity contribution in [2.45, 2.75) is 13.0 Å². The molecule has 148 valence electrons. The number of benzene rings is 1. The monoisotopic (exact) mass is 406 g/mol. The van der Waals surface area contributed by atoms with Crippen molar-refractivity contribution in [3.8, 4) is 5.75 Å². The van der Waals surface area contributed by atoms with Crippen LogP contribution in [0, 0.1) is 5.92 Å². The van der Waals surface area contributed by atoms with Gasteiger partial charge in [-0.1, -0.05) is 11.6 Å². The third-order valence-corrected chi connectivity index (χ3v) is 4.55. The van der Waals surface area contributed by atoms with Gasteiger partial charge in [-0.2, -0.15) is 0 Å². The Labute approximate surface area is 166 Å². The van der Waals surface area contributed by atoms with E-state index in [1.165, 1.54) is 24.3 Å². The summed E-state index contributed by atoms with van der Waals surface area (Å²) in [4.78, 5) is 37.8. The van der Waals surface area contributed by atoms with E-state index in [9.17, 15) is 14.4 Å². The first-order valence-corrected chi connectivity index (χ1v) is 8.94. The van der Waals surface area contributed by atoms with Crippen molar-refractivity contribution in [2.24, 2.45) is 5.92 Å². The summed E-state index contributed by atoms with van der Waals surface area (Å²) in [5, 5.41) is 2.93. The summed E-state index contributed by atoms with van der Waals surface area (Å²) in [7, 11) is 1.49. The van der Waals surface area contributed by atoms with Crippen LogP contribution in [0.2, 0.25) is 5.02 Å². The molecular formula is C19H19ClN2O6. The van der Waals surface area contributed by atoms with E-state index >= 15 is 0 Å². The lowest BCUT2D eigenvalue weighted by Crippen LogP contribution is -2.28. The van der Waals surface area contributed by atoms with Gasteiger partial charge in [0.05, 0.1) is 30.9 Å². The number of nitrogens with zero attached hydrogens (tertiary/aromatic N) is 1. The van der Waals surface area contributed by atoms with E-state index in [-0.39, 0.29) is 18.9 Å². The lowest BCUT2D eigenvalue weighted by Gasteiger charge is -2.14. The molecule has 1 aromatic heterocycles. The number of likely N-dealkylation sites (tertiary alicyclic amines) is 1. The van der Waals surface area contributed by atoms with Crippen LogP contribution < -0.4 is 10.1 Å². The molecule has 1 aliphatic heterocycles. The Morgan fingerprint density at radius 1 is 1.36 bits per heavy atom. The van der Waals surface area contributed by atoms with E-state index in [0.717, 1.165) is 0 Å². The molecule has 0 bridgehead atoms. The molecule has 0 unspecified atom stereocenters. The first-order chi connectivity index (χ1) is 13.5. The van der Waals surface area contributed by atoms with E-state index in [2.05, 4.69) is 5.32 Å². The topological polar surface area (TPSA) is 98.1 Å². The van der Waals surface area contributed by atoms with Gasteiger partial charge in [-0.15, -0.1) is 0 Å². The van der Waals surface area contributed by atoms with Crippen molar-refractivity contribution in [2.75, 3.05) is 25.6 Å². The molecule has 1 aliphatic rings. The number of rotatable bonds is 7. The molecule has 9 heteroatoms. The van der Waals surface area contributed by atoms with Crippen LogP contribution in [0.3, 0.4) is 0 Å². The molecule has 0 aliphatic carbocycles. The number of esters is 1. The Balaban J connectivity index is 1.46. The molecule has 2 amide bonds. The van der Waals surface area contributed by atoms with Crippen molar-refractivity contribution in [1.82, 2.24) is 4.90 Å². The number of carbonyl (C=O) groups is 3. The van der Waals surface area contributed by atoms with Gasteiger partial charge < -0.3 is 24.1 Å². The van der Waals surface area contributed by atoms with Crippen LogP contribution in [0.1, 0.15) is 12.2 Å². The molecule has 0 radical (unpaired) electrons. The maximum absolute atomic E-state index is 12.2. The third kappa shape index (κ3) is 4.83. The fraction of sp³-hybridized carbons (Fsp3) is 0.316. The minimum Gasteiger partial charge on any atom is -0.495 e. The molecule has 1 saturated heterocycles. The molecule has 1 atom stereocenters. The highest BCUT2D eigenvalue weighted by Crippen LogP contribution is 2.27. The molecule has 2 aromatic rings. The average molecular weight is 407 g/mol. The SMILES string of the molecule is COc1ccc(NC(=O)COC(=O)[C@@H]2CC(=O)N(Cc3ccco3)C2)cc1Cl. The summed E-state index contributed by atoms with van der Waals surface area (Å²) in [6, 6.07) is 8.25. The highest BCUT2D eigenvalue weighted by molar-refractivity contribution is 6.32. The Bertz CT molecular complexity index is 867. The maximum atomic E-state index is 12.2. The minimum absolute atomic E-state index is 0.0508. The van der Waals surface area contributed by atoms with Gasteiger partial charge in [0.1, 0.15) is 11.5 Å². The van der Waals surface area contributed by atoms with Crippen LogP contribution in [0.25, 0.3) is 0 Å². The lowest BCUT2D eigenvalue weighted by molar-refractivity contribution is -0.151.